The van der Waals surface area contributed by atoms with E-state index in [1.807, 2.05) is 36.6 Å². The molecule has 0 N–H and O–H groups in total. The van der Waals surface area contributed by atoms with Crippen LogP contribution in [0.3, 0.4) is 0 Å². The van der Waals surface area contributed by atoms with E-state index in [9.17, 15) is 4.79 Å². The lowest BCUT2D eigenvalue weighted by atomic mass is 10.2. The van der Waals surface area contributed by atoms with Crippen LogP contribution in [-0.4, -0.2) is 71.9 Å². The molecule has 0 spiro atoms. The van der Waals surface area contributed by atoms with Crippen LogP contribution in [0.2, 0.25) is 0 Å². The number of aromatic nitrogens is 3. The molecule has 31 heavy (non-hydrogen) atoms. The highest BCUT2D eigenvalue weighted by Crippen LogP contribution is 2.30. The maximum Gasteiger partial charge on any atom is 0.273 e. The lowest BCUT2D eigenvalue weighted by Gasteiger charge is -2.27. The Labute approximate surface area is 189 Å². The number of hydrogen-bond acceptors (Lipinski definition) is 9. The van der Waals surface area contributed by atoms with E-state index in [-0.39, 0.29) is 5.91 Å². The molecular formula is C21H25N5O3S2. The number of morpholine rings is 1. The van der Waals surface area contributed by atoms with E-state index in [0.717, 1.165) is 67.8 Å². The third-order valence-electron chi connectivity index (χ3n) is 5.16. The Balaban J connectivity index is 1.52. The normalized spacial score (nSPS) is 14.5. The van der Waals surface area contributed by atoms with Crippen LogP contribution in [-0.2, 0) is 4.74 Å². The number of anilines is 1. The van der Waals surface area contributed by atoms with E-state index in [0.29, 0.717) is 22.2 Å². The molecule has 0 radical (unpaired) electrons. The zero-order valence-electron chi connectivity index (χ0n) is 17.6. The zero-order chi connectivity index (χ0) is 21.6. The minimum Gasteiger partial charge on any atom is -0.497 e. The highest BCUT2D eigenvalue weighted by atomic mass is 32.1. The van der Waals surface area contributed by atoms with Crippen LogP contribution >= 0.6 is 22.9 Å². The number of thiazole rings is 1. The Bertz CT molecular complexity index is 999. The van der Waals surface area contributed by atoms with Crippen molar-refractivity contribution in [2.24, 2.45) is 0 Å². The molecule has 1 saturated heterocycles. The SMILES string of the molecule is COc1ccc(-c2csc(N(CCCN3CCOCC3)C(=O)c3snnc3C)n2)cc1. The monoisotopic (exact) mass is 459 g/mol. The predicted octanol–water partition coefficient (Wildman–Crippen LogP) is 3.35. The van der Waals surface area contributed by atoms with Gasteiger partial charge in [0.1, 0.15) is 10.6 Å². The number of ether oxygens (including phenoxy) is 2. The first kappa shape index (κ1) is 21.8. The molecule has 3 heterocycles. The minimum atomic E-state index is -0.0925. The van der Waals surface area contributed by atoms with Gasteiger partial charge < -0.3 is 9.47 Å². The minimum absolute atomic E-state index is 0.0925. The van der Waals surface area contributed by atoms with Crippen LogP contribution < -0.4 is 9.64 Å². The average molecular weight is 460 g/mol. The molecule has 1 fully saturated rings. The van der Waals surface area contributed by atoms with Gasteiger partial charge in [-0.15, -0.1) is 16.4 Å². The Kier molecular flexibility index (Phi) is 7.23. The van der Waals surface area contributed by atoms with Gasteiger partial charge in [0.15, 0.2) is 5.13 Å². The molecule has 8 nitrogen and oxygen atoms in total. The largest absolute Gasteiger partial charge is 0.497 e. The molecule has 0 aliphatic carbocycles. The van der Waals surface area contributed by atoms with Crippen LogP contribution in [0, 0.1) is 6.92 Å². The number of rotatable bonds is 8. The summed E-state index contributed by atoms with van der Waals surface area (Å²) in [6.07, 6.45) is 0.856. The van der Waals surface area contributed by atoms with E-state index >= 15 is 0 Å². The molecule has 0 saturated carbocycles. The van der Waals surface area contributed by atoms with Crippen molar-refractivity contribution < 1.29 is 14.3 Å². The van der Waals surface area contributed by atoms with Crippen molar-refractivity contribution in [2.45, 2.75) is 13.3 Å². The highest BCUT2D eigenvalue weighted by Gasteiger charge is 2.25. The predicted molar refractivity (Wildman–Crippen MR) is 122 cm³/mol. The van der Waals surface area contributed by atoms with Gasteiger partial charge in [-0.3, -0.25) is 14.6 Å². The van der Waals surface area contributed by atoms with Crippen molar-refractivity contribution in [3.8, 4) is 17.0 Å². The van der Waals surface area contributed by atoms with E-state index in [4.69, 9.17) is 14.5 Å². The summed E-state index contributed by atoms with van der Waals surface area (Å²) in [6.45, 7) is 6.73. The molecule has 0 atom stereocenters. The van der Waals surface area contributed by atoms with Gasteiger partial charge in [-0.05, 0) is 49.1 Å². The standard InChI is InChI=1S/C21H25N5O3S2/c1-15-19(31-24-23-15)20(27)26(9-3-8-25-10-12-29-13-11-25)21-22-18(14-30-21)16-4-6-17(28-2)7-5-16/h4-7,14H,3,8-13H2,1-2H3. The molecule has 1 amide bonds. The van der Waals surface area contributed by atoms with Gasteiger partial charge in [0.2, 0.25) is 0 Å². The first-order valence-electron chi connectivity index (χ1n) is 10.2. The summed E-state index contributed by atoms with van der Waals surface area (Å²) in [5.41, 5.74) is 2.48. The molecule has 2 aromatic heterocycles. The third kappa shape index (κ3) is 5.27. The van der Waals surface area contributed by atoms with Crippen LogP contribution in [0.5, 0.6) is 5.75 Å². The second kappa shape index (κ2) is 10.3. The Morgan fingerprint density at radius 1 is 1.26 bits per heavy atom. The summed E-state index contributed by atoms with van der Waals surface area (Å²) >= 11 is 2.61. The Morgan fingerprint density at radius 3 is 2.71 bits per heavy atom. The van der Waals surface area contributed by atoms with E-state index < -0.39 is 0 Å². The smallest absolute Gasteiger partial charge is 0.273 e. The maximum absolute atomic E-state index is 13.3. The summed E-state index contributed by atoms with van der Waals surface area (Å²) in [5.74, 6) is 0.706. The fourth-order valence-corrected chi connectivity index (χ4v) is 4.86. The van der Waals surface area contributed by atoms with Gasteiger partial charge in [-0.25, -0.2) is 4.98 Å². The van der Waals surface area contributed by atoms with Gasteiger partial charge in [0, 0.05) is 37.1 Å². The van der Waals surface area contributed by atoms with Crippen LogP contribution in [0.25, 0.3) is 11.3 Å². The van der Waals surface area contributed by atoms with Crippen molar-refractivity contribution in [1.29, 1.82) is 0 Å². The Hall–Kier alpha value is -2.40. The van der Waals surface area contributed by atoms with Gasteiger partial charge in [-0.2, -0.15) is 0 Å². The van der Waals surface area contributed by atoms with Gasteiger partial charge in [-0.1, -0.05) is 4.49 Å². The number of aryl methyl sites for hydroxylation is 1. The number of benzene rings is 1. The summed E-state index contributed by atoms with van der Waals surface area (Å²) in [4.78, 5) is 22.8. The second-order valence-electron chi connectivity index (χ2n) is 7.20. The lowest BCUT2D eigenvalue weighted by Crippen LogP contribution is -2.39. The van der Waals surface area contributed by atoms with Crippen molar-refractivity contribution in [1.82, 2.24) is 19.5 Å². The molecule has 164 valence electrons. The van der Waals surface area contributed by atoms with Gasteiger partial charge in [0.05, 0.1) is 31.7 Å². The first-order valence-corrected chi connectivity index (χ1v) is 11.8. The average Bonchev–Trinajstić information content (AvgIpc) is 3.46. The number of amides is 1. The molecule has 0 bridgehead atoms. The zero-order valence-corrected chi connectivity index (χ0v) is 19.2. The van der Waals surface area contributed by atoms with Gasteiger partial charge >= 0.3 is 0 Å². The Morgan fingerprint density at radius 2 is 2.03 bits per heavy atom. The summed E-state index contributed by atoms with van der Waals surface area (Å²) in [6, 6.07) is 7.76. The maximum atomic E-state index is 13.3. The molecule has 0 unspecified atom stereocenters. The quantitative estimate of drug-likeness (QED) is 0.511. The number of nitrogens with zero attached hydrogens (tertiary/aromatic N) is 5. The summed E-state index contributed by atoms with van der Waals surface area (Å²) in [7, 11) is 1.65. The molecule has 3 aromatic rings. The molecule has 1 aliphatic heterocycles. The van der Waals surface area contributed by atoms with E-state index in [1.54, 1.807) is 12.0 Å². The van der Waals surface area contributed by atoms with Crippen LogP contribution in [0.1, 0.15) is 21.8 Å². The van der Waals surface area contributed by atoms with Crippen LogP contribution in [0.15, 0.2) is 29.6 Å². The molecule has 1 aliphatic rings. The van der Waals surface area contributed by atoms with Crippen molar-refractivity contribution in [3.05, 3.63) is 40.2 Å². The lowest BCUT2D eigenvalue weighted by molar-refractivity contribution is 0.0376. The molecular weight excluding hydrogens is 434 g/mol. The van der Waals surface area contributed by atoms with Crippen LogP contribution in [0.4, 0.5) is 5.13 Å². The summed E-state index contributed by atoms with van der Waals surface area (Å²) in [5, 5.41) is 6.68. The molecule has 10 heteroatoms. The number of hydrogen-bond donors (Lipinski definition) is 0. The first-order chi connectivity index (χ1) is 15.2. The fourth-order valence-electron chi connectivity index (χ4n) is 3.39. The second-order valence-corrected chi connectivity index (χ2v) is 8.79. The van der Waals surface area contributed by atoms with Gasteiger partial charge in [0.25, 0.3) is 5.91 Å². The highest BCUT2D eigenvalue weighted by molar-refractivity contribution is 7.14. The molecule has 1 aromatic carbocycles. The number of methoxy groups -OCH3 is 1. The van der Waals surface area contributed by atoms with Crippen molar-refractivity contribution >= 4 is 33.9 Å². The van der Waals surface area contributed by atoms with Crippen molar-refractivity contribution in [3.63, 3.8) is 0 Å². The topological polar surface area (TPSA) is 80.7 Å². The van der Waals surface area contributed by atoms with E-state index in [2.05, 4.69) is 14.5 Å². The fraction of sp³-hybridized carbons (Fsp3) is 0.429. The third-order valence-corrected chi connectivity index (χ3v) is 6.84. The molecule has 4 rings (SSSR count). The van der Waals surface area contributed by atoms with Crippen molar-refractivity contribution in [2.75, 3.05) is 51.4 Å². The number of carbonyl (C=O) groups is 1. The van der Waals surface area contributed by atoms with E-state index in [1.165, 1.54) is 11.3 Å². The summed E-state index contributed by atoms with van der Waals surface area (Å²) < 4.78 is 14.6. The number of carbonyl (C=O) groups excluding carboxylic acids is 1.